The van der Waals surface area contributed by atoms with E-state index in [1.807, 2.05) is 6.92 Å². The number of benzene rings is 1. The average Bonchev–Trinajstić information content (AvgIpc) is 3.59. The highest BCUT2D eigenvalue weighted by atomic mass is 19.1. The van der Waals surface area contributed by atoms with Gasteiger partial charge in [0.05, 0.1) is 40.4 Å². The molecular formula is C25H21F2N5O2. The minimum Gasteiger partial charge on any atom is -0.443 e. The van der Waals surface area contributed by atoms with E-state index in [0.29, 0.717) is 17.8 Å². The summed E-state index contributed by atoms with van der Waals surface area (Å²) in [6.07, 6.45) is 7.07. The number of oxazole rings is 1. The summed E-state index contributed by atoms with van der Waals surface area (Å²) in [5.41, 5.74) is 2.96. The van der Waals surface area contributed by atoms with E-state index in [9.17, 15) is 13.9 Å². The summed E-state index contributed by atoms with van der Waals surface area (Å²) in [5, 5.41) is 18.7. The number of aliphatic hydroxyl groups is 1. The van der Waals surface area contributed by atoms with E-state index in [1.54, 1.807) is 18.5 Å². The molecule has 2 bridgehead atoms. The first-order valence-electron chi connectivity index (χ1n) is 11.3. The summed E-state index contributed by atoms with van der Waals surface area (Å²) < 4.78 is 34.2. The zero-order valence-corrected chi connectivity index (χ0v) is 18.4. The second kappa shape index (κ2) is 7.73. The Hall–Kier alpha value is -3.59. The zero-order chi connectivity index (χ0) is 23.4. The van der Waals surface area contributed by atoms with Gasteiger partial charge in [-0.3, -0.25) is 4.98 Å². The normalized spacial score (nSPS) is 21.6. The van der Waals surface area contributed by atoms with Crippen LogP contribution in [0.4, 0.5) is 8.78 Å². The van der Waals surface area contributed by atoms with E-state index in [0.717, 1.165) is 36.2 Å². The monoisotopic (exact) mass is 461 g/mol. The molecule has 172 valence electrons. The molecule has 3 atom stereocenters. The molecule has 6 rings (SSSR count). The van der Waals surface area contributed by atoms with Crippen LogP contribution in [0, 0.1) is 11.6 Å². The van der Waals surface area contributed by atoms with E-state index in [2.05, 4.69) is 20.2 Å². The van der Waals surface area contributed by atoms with Gasteiger partial charge in [0.25, 0.3) is 0 Å². The highest BCUT2D eigenvalue weighted by molar-refractivity contribution is 5.63. The lowest BCUT2D eigenvalue weighted by Crippen LogP contribution is -2.26. The van der Waals surface area contributed by atoms with Gasteiger partial charge < -0.3 is 9.52 Å². The number of fused-ring (bicyclic) bond motifs is 5. The van der Waals surface area contributed by atoms with Gasteiger partial charge in [0.15, 0.2) is 0 Å². The predicted octanol–water partition coefficient (Wildman–Crippen LogP) is 4.88. The molecule has 3 aromatic heterocycles. The van der Waals surface area contributed by atoms with Crippen molar-refractivity contribution in [2.24, 2.45) is 0 Å². The lowest BCUT2D eigenvalue weighted by Gasteiger charge is -2.26. The van der Waals surface area contributed by atoms with Crippen LogP contribution in [0.3, 0.4) is 0 Å². The summed E-state index contributed by atoms with van der Waals surface area (Å²) in [5.74, 6) is -0.830. The minimum atomic E-state index is -0.701. The summed E-state index contributed by atoms with van der Waals surface area (Å²) in [4.78, 5) is 13.6. The number of aromatic nitrogens is 5. The van der Waals surface area contributed by atoms with Crippen LogP contribution in [0.5, 0.6) is 0 Å². The molecule has 1 saturated carbocycles. The number of hydrogen-bond donors (Lipinski definition) is 1. The third-order valence-corrected chi connectivity index (χ3v) is 7.04. The average molecular weight is 461 g/mol. The van der Waals surface area contributed by atoms with E-state index in [4.69, 9.17) is 9.40 Å². The van der Waals surface area contributed by atoms with Crippen molar-refractivity contribution in [2.75, 3.05) is 0 Å². The van der Waals surface area contributed by atoms with Crippen LogP contribution >= 0.6 is 0 Å². The van der Waals surface area contributed by atoms with E-state index < -0.39 is 23.2 Å². The Balaban J connectivity index is 1.40. The maximum absolute atomic E-state index is 14.3. The van der Waals surface area contributed by atoms with Gasteiger partial charge in [0.1, 0.15) is 29.3 Å². The van der Waals surface area contributed by atoms with Gasteiger partial charge in [0, 0.05) is 6.20 Å². The van der Waals surface area contributed by atoms with Crippen molar-refractivity contribution >= 4 is 0 Å². The molecule has 2 aliphatic carbocycles. The van der Waals surface area contributed by atoms with Crippen LogP contribution in [0.1, 0.15) is 67.3 Å². The molecule has 3 heterocycles. The van der Waals surface area contributed by atoms with E-state index in [-0.39, 0.29) is 23.1 Å². The fourth-order valence-corrected chi connectivity index (χ4v) is 5.30. The van der Waals surface area contributed by atoms with Crippen LogP contribution in [0.2, 0.25) is 0 Å². The summed E-state index contributed by atoms with van der Waals surface area (Å²) >= 11 is 0. The first-order valence-corrected chi connectivity index (χ1v) is 11.3. The first kappa shape index (κ1) is 21.0. The minimum absolute atomic E-state index is 0.162. The second-order valence-electron chi connectivity index (χ2n) is 8.94. The molecule has 0 radical (unpaired) electrons. The number of aliphatic hydroxyl groups excluding tert-OH is 1. The number of halogens is 2. The van der Waals surface area contributed by atoms with Gasteiger partial charge in [-0.25, -0.2) is 18.7 Å². The van der Waals surface area contributed by atoms with E-state index in [1.165, 1.54) is 24.5 Å². The van der Waals surface area contributed by atoms with Crippen LogP contribution in [0.15, 0.2) is 47.3 Å². The summed E-state index contributed by atoms with van der Waals surface area (Å²) in [6.45, 7) is 1.86. The molecular weight excluding hydrogens is 440 g/mol. The maximum Gasteiger partial charge on any atom is 0.247 e. The van der Waals surface area contributed by atoms with Crippen LogP contribution in [-0.2, 0) is 5.41 Å². The predicted molar refractivity (Wildman–Crippen MR) is 118 cm³/mol. The largest absolute Gasteiger partial charge is 0.443 e. The van der Waals surface area contributed by atoms with E-state index >= 15 is 0 Å². The topological polar surface area (TPSA) is 97.8 Å². The van der Waals surface area contributed by atoms with Crippen LogP contribution in [0.25, 0.3) is 22.8 Å². The summed E-state index contributed by atoms with van der Waals surface area (Å²) in [6, 6.07) is 5.53. The standard InChI is InChI=1S/C25H21F2N5O2/c1-2-20(33)19-12-34-24(30-19)18-10-28-11-21(29-18)25-7-6-13(9-25)14-8-17(31-32-23(14)25)22-15(26)4-3-5-16(22)27/h3-5,8,10-13,20,33H,2,6-7,9H2,1H3/t13-,20+,25+/m1/s1. The molecule has 0 saturated heterocycles. The molecule has 1 fully saturated rings. The fraction of sp³-hybridized carbons (Fsp3) is 0.320. The Labute approximate surface area is 193 Å². The molecule has 0 unspecified atom stereocenters. The van der Waals surface area contributed by atoms with Crippen molar-refractivity contribution in [1.82, 2.24) is 25.1 Å². The molecule has 0 amide bonds. The number of rotatable bonds is 5. The Morgan fingerprint density at radius 1 is 1.15 bits per heavy atom. The SMILES string of the molecule is CC[C@H](O)c1coc(-c2cncc([C@]34CC[C@H](C3)c3cc(-c5c(F)cccc5F)nnc34)n2)n1. The van der Waals surface area contributed by atoms with Crippen molar-refractivity contribution in [3.63, 3.8) is 0 Å². The van der Waals surface area contributed by atoms with Gasteiger partial charge in [-0.15, -0.1) is 5.10 Å². The van der Waals surface area contributed by atoms with Crippen molar-refractivity contribution in [1.29, 1.82) is 0 Å². The fourth-order valence-electron chi connectivity index (χ4n) is 5.30. The molecule has 0 aliphatic heterocycles. The van der Waals surface area contributed by atoms with Gasteiger partial charge in [-0.1, -0.05) is 13.0 Å². The van der Waals surface area contributed by atoms with Crippen LogP contribution < -0.4 is 0 Å². The maximum atomic E-state index is 14.3. The smallest absolute Gasteiger partial charge is 0.247 e. The van der Waals surface area contributed by atoms with Gasteiger partial charge in [0.2, 0.25) is 5.89 Å². The molecule has 1 aromatic carbocycles. The highest BCUT2D eigenvalue weighted by Crippen LogP contribution is 2.59. The Morgan fingerprint density at radius 3 is 2.76 bits per heavy atom. The molecule has 4 aromatic rings. The number of hydrogen-bond acceptors (Lipinski definition) is 7. The van der Waals surface area contributed by atoms with Crippen LogP contribution in [-0.4, -0.2) is 30.3 Å². The quantitative estimate of drug-likeness (QED) is 0.452. The molecule has 0 spiro atoms. The lowest BCUT2D eigenvalue weighted by atomic mass is 9.80. The second-order valence-corrected chi connectivity index (χ2v) is 8.94. The Morgan fingerprint density at radius 2 is 1.97 bits per heavy atom. The van der Waals surface area contributed by atoms with Gasteiger partial charge >= 0.3 is 0 Å². The highest BCUT2D eigenvalue weighted by Gasteiger charge is 2.53. The molecule has 7 nitrogen and oxygen atoms in total. The Kier molecular flexibility index (Phi) is 4.77. The summed E-state index contributed by atoms with van der Waals surface area (Å²) in [7, 11) is 0. The van der Waals surface area contributed by atoms with Gasteiger partial charge in [-0.05, 0) is 55.4 Å². The third kappa shape index (κ3) is 3.07. The van der Waals surface area contributed by atoms with Crippen molar-refractivity contribution in [3.8, 4) is 22.8 Å². The third-order valence-electron chi connectivity index (χ3n) is 7.04. The molecule has 9 heteroatoms. The lowest BCUT2D eigenvalue weighted by molar-refractivity contribution is 0.169. The van der Waals surface area contributed by atoms with Gasteiger partial charge in [-0.2, -0.15) is 5.10 Å². The molecule has 2 aliphatic rings. The zero-order valence-electron chi connectivity index (χ0n) is 18.4. The molecule has 1 N–H and O–H groups in total. The van der Waals surface area contributed by atoms with Crippen molar-refractivity contribution < 1.29 is 18.3 Å². The number of nitrogens with zero attached hydrogens (tertiary/aromatic N) is 5. The molecule has 34 heavy (non-hydrogen) atoms. The van der Waals surface area contributed by atoms with Crippen molar-refractivity contribution in [2.45, 2.75) is 50.0 Å². The first-order chi connectivity index (χ1) is 16.5. The van der Waals surface area contributed by atoms with Crippen molar-refractivity contribution in [3.05, 3.63) is 77.2 Å². The Bertz CT molecular complexity index is 1390.